The molecule has 5 rings (SSSR count). The Labute approximate surface area is 182 Å². The van der Waals surface area contributed by atoms with E-state index in [0.717, 1.165) is 28.7 Å². The van der Waals surface area contributed by atoms with E-state index in [-0.39, 0.29) is 17.4 Å². The lowest BCUT2D eigenvalue weighted by atomic mass is 10.00. The van der Waals surface area contributed by atoms with E-state index in [2.05, 4.69) is 9.97 Å². The van der Waals surface area contributed by atoms with Gasteiger partial charge in [0.1, 0.15) is 5.75 Å². The highest BCUT2D eigenvalue weighted by atomic mass is 35.5. The van der Waals surface area contributed by atoms with Crippen LogP contribution < -0.4 is 4.74 Å². The average molecular weight is 433 g/mol. The van der Waals surface area contributed by atoms with Gasteiger partial charge in [-0.25, -0.2) is 4.79 Å². The van der Waals surface area contributed by atoms with Gasteiger partial charge in [0.25, 0.3) is 6.01 Å². The highest BCUT2D eigenvalue weighted by Gasteiger charge is 2.20. The number of nitrogens with zero attached hydrogens (tertiary/aromatic N) is 1. The maximum Gasteiger partial charge on any atom is 0.336 e. The number of benzene rings is 3. The predicted molar refractivity (Wildman–Crippen MR) is 117 cm³/mol. The van der Waals surface area contributed by atoms with Gasteiger partial charge in [0.2, 0.25) is 0 Å². The fraction of sp³-hybridized carbons (Fsp3) is 0.125. The Morgan fingerprint density at radius 3 is 2.74 bits per heavy atom. The second kappa shape index (κ2) is 7.25. The van der Waals surface area contributed by atoms with Crippen LogP contribution in [0.15, 0.2) is 48.5 Å². The van der Waals surface area contributed by atoms with Crippen LogP contribution in [0.5, 0.6) is 11.8 Å². The first kappa shape index (κ1) is 19.3. The molecule has 0 saturated heterocycles. The highest BCUT2D eigenvalue weighted by molar-refractivity contribution is 6.34. The Balaban J connectivity index is 1.50. The number of imidazole rings is 1. The molecule has 0 amide bonds. The quantitative estimate of drug-likeness (QED) is 0.424. The number of hydrogen-bond donors (Lipinski definition) is 2. The molecule has 0 atom stereocenters. The second-order valence-electron chi connectivity index (χ2n) is 7.57. The first-order valence-electron chi connectivity index (χ1n) is 9.76. The third-order valence-electron chi connectivity index (χ3n) is 5.54. The normalized spacial score (nSPS) is 12.9. The molecular weight excluding hydrogens is 416 g/mol. The molecule has 4 aromatic rings. The number of halogens is 1. The van der Waals surface area contributed by atoms with E-state index in [1.807, 2.05) is 24.3 Å². The number of aromatic nitrogens is 2. The monoisotopic (exact) mass is 432 g/mol. The first-order chi connectivity index (χ1) is 14.9. The molecule has 1 aromatic heterocycles. The Hall–Kier alpha value is -3.64. The predicted octanol–water partition coefficient (Wildman–Crippen LogP) is 5.81. The Morgan fingerprint density at radius 1 is 1.10 bits per heavy atom. The molecule has 0 radical (unpaired) electrons. The number of hydrogen-bond acceptors (Lipinski definition) is 4. The molecule has 1 heterocycles. The highest BCUT2D eigenvalue weighted by Crippen LogP contribution is 2.35. The number of aromatic amines is 1. The largest absolute Gasteiger partial charge is 0.478 e. The molecule has 6 nitrogen and oxygen atoms in total. The number of carboxylic acids is 1. The number of fused-ring (bicyclic) bond motifs is 2. The van der Waals surface area contributed by atoms with Gasteiger partial charge in [0.15, 0.2) is 5.78 Å². The fourth-order valence-electron chi connectivity index (χ4n) is 3.91. The number of carbonyl (C=O) groups excluding carboxylic acids is 1. The van der Waals surface area contributed by atoms with Crippen LogP contribution in [-0.2, 0) is 6.42 Å². The molecule has 0 bridgehead atoms. The number of aryl methyl sites for hydroxylation is 2. The van der Waals surface area contributed by atoms with Crippen molar-refractivity contribution in [1.29, 1.82) is 0 Å². The second-order valence-corrected chi connectivity index (χ2v) is 7.98. The van der Waals surface area contributed by atoms with Crippen molar-refractivity contribution >= 4 is 34.4 Å². The van der Waals surface area contributed by atoms with Crippen molar-refractivity contribution in [2.24, 2.45) is 0 Å². The van der Waals surface area contributed by atoms with Gasteiger partial charge in [-0.15, -0.1) is 0 Å². The van der Waals surface area contributed by atoms with Crippen molar-refractivity contribution < 1.29 is 19.4 Å². The Kier molecular flexibility index (Phi) is 4.52. The minimum Gasteiger partial charge on any atom is -0.478 e. The van der Waals surface area contributed by atoms with Gasteiger partial charge in [0, 0.05) is 17.5 Å². The van der Waals surface area contributed by atoms with Gasteiger partial charge in [-0.05, 0) is 54.3 Å². The van der Waals surface area contributed by atoms with E-state index in [4.69, 9.17) is 16.3 Å². The van der Waals surface area contributed by atoms with E-state index in [9.17, 15) is 14.7 Å². The van der Waals surface area contributed by atoms with Crippen molar-refractivity contribution in [1.82, 2.24) is 9.97 Å². The number of nitrogens with one attached hydrogen (secondary N) is 1. The van der Waals surface area contributed by atoms with Crippen LogP contribution in [-0.4, -0.2) is 26.8 Å². The fourth-order valence-corrected chi connectivity index (χ4v) is 4.18. The summed E-state index contributed by atoms with van der Waals surface area (Å²) >= 11 is 6.54. The van der Waals surface area contributed by atoms with Crippen molar-refractivity contribution in [3.05, 3.63) is 75.8 Å². The summed E-state index contributed by atoms with van der Waals surface area (Å²) in [4.78, 5) is 30.8. The van der Waals surface area contributed by atoms with Gasteiger partial charge in [-0.1, -0.05) is 35.9 Å². The minimum atomic E-state index is -1.01. The molecule has 7 heteroatoms. The Bertz CT molecular complexity index is 1390. The number of ether oxygens (including phenoxy) is 1. The van der Waals surface area contributed by atoms with Crippen LogP contribution in [0.3, 0.4) is 0 Å². The maximum absolute atomic E-state index is 11.9. The summed E-state index contributed by atoms with van der Waals surface area (Å²) in [5, 5.41) is 9.85. The summed E-state index contributed by atoms with van der Waals surface area (Å²) in [6.07, 6.45) is 1.30. The zero-order chi connectivity index (χ0) is 21.7. The molecule has 1 aliphatic rings. The van der Waals surface area contributed by atoms with Gasteiger partial charge in [-0.2, -0.15) is 4.98 Å². The number of aromatic carboxylic acids is 1. The molecule has 1 aliphatic carbocycles. The van der Waals surface area contributed by atoms with Crippen LogP contribution in [0, 0.1) is 6.92 Å². The molecule has 3 aromatic carbocycles. The van der Waals surface area contributed by atoms with E-state index < -0.39 is 5.97 Å². The summed E-state index contributed by atoms with van der Waals surface area (Å²) in [6, 6.07) is 14.5. The topological polar surface area (TPSA) is 92.3 Å². The summed E-state index contributed by atoms with van der Waals surface area (Å²) in [6.45, 7) is 1.73. The van der Waals surface area contributed by atoms with E-state index in [1.165, 1.54) is 6.07 Å². The molecule has 0 unspecified atom stereocenters. The number of H-pyrrole nitrogens is 1. The number of rotatable bonds is 4. The smallest absolute Gasteiger partial charge is 0.336 e. The lowest BCUT2D eigenvalue weighted by Gasteiger charge is -2.07. The zero-order valence-corrected chi connectivity index (χ0v) is 17.3. The molecule has 0 saturated carbocycles. The molecule has 154 valence electrons. The van der Waals surface area contributed by atoms with Gasteiger partial charge in [-0.3, -0.25) is 4.79 Å². The molecule has 31 heavy (non-hydrogen) atoms. The minimum absolute atomic E-state index is 0.175. The summed E-state index contributed by atoms with van der Waals surface area (Å²) in [7, 11) is 0. The number of Topliss-reactive ketones (excluding diaryl/α,β-unsaturated/α-hetero) is 1. The number of carboxylic acid groups (broad SMARTS) is 1. The molecule has 2 N–H and O–H groups in total. The van der Waals surface area contributed by atoms with Crippen molar-refractivity contribution in [3.63, 3.8) is 0 Å². The third-order valence-corrected chi connectivity index (χ3v) is 5.85. The van der Waals surface area contributed by atoms with Gasteiger partial charge < -0.3 is 14.8 Å². The molecule has 0 spiro atoms. The van der Waals surface area contributed by atoms with Crippen LogP contribution in [0.1, 0.15) is 38.3 Å². The molecular formula is C24H17ClN2O4. The van der Waals surface area contributed by atoms with E-state index in [1.54, 1.807) is 25.1 Å². The third kappa shape index (κ3) is 3.45. The lowest BCUT2D eigenvalue weighted by Crippen LogP contribution is -2.00. The number of carbonyl (C=O) groups is 2. The van der Waals surface area contributed by atoms with Crippen molar-refractivity contribution in [3.8, 4) is 22.9 Å². The van der Waals surface area contributed by atoms with Gasteiger partial charge >= 0.3 is 5.97 Å². The standard InChI is InChI=1S/C24H17ClN2O4/c1-12-2-5-15(9-17(12)23(29)30)31-24-26-20-10-18(19(25)11-21(20)27-24)14-3-6-16-13(8-14)4-7-22(16)28/h2-3,5-6,8-11H,4,7H2,1H3,(H,26,27)(H,29,30). The SMILES string of the molecule is Cc1ccc(Oc2nc3cc(-c4ccc5c(c4)CCC5=O)c(Cl)cc3[nH]2)cc1C(=O)O. The molecule has 0 aliphatic heterocycles. The lowest BCUT2D eigenvalue weighted by molar-refractivity contribution is 0.0695. The first-order valence-corrected chi connectivity index (χ1v) is 10.1. The zero-order valence-electron chi connectivity index (χ0n) is 16.5. The average Bonchev–Trinajstić information content (AvgIpc) is 3.30. The maximum atomic E-state index is 11.9. The summed E-state index contributed by atoms with van der Waals surface area (Å²) < 4.78 is 5.76. The van der Waals surface area contributed by atoms with Crippen molar-refractivity contribution in [2.45, 2.75) is 19.8 Å². The van der Waals surface area contributed by atoms with E-state index >= 15 is 0 Å². The summed E-state index contributed by atoms with van der Waals surface area (Å²) in [5.74, 6) is -0.462. The number of ketones is 1. The molecule has 0 fully saturated rings. The van der Waals surface area contributed by atoms with Crippen LogP contribution in [0.25, 0.3) is 22.2 Å². The van der Waals surface area contributed by atoms with Crippen LogP contribution >= 0.6 is 11.6 Å². The van der Waals surface area contributed by atoms with E-state index in [0.29, 0.717) is 33.8 Å². The van der Waals surface area contributed by atoms with Crippen LogP contribution in [0.4, 0.5) is 0 Å². The summed E-state index contributed by atoms with van der Waals surface area (Å²) in [5.41, 5.74) is 5.76. The van der Waals surface area contributed by atoms with Crippen LogP contribution in [0.2, 0.25) is 5.02 Å². The Morgan fingerprint density at radius 2 is 1.94 bits per heavy atom. The van der Waals surface area contributed by atoms with Gasteiger partial charge in [0.05, 0.1) is 21.6 Å². The van der Waals surface area contributed by atoms with Crippen molar-refractivity contribution in [2.75, 3.05) is 0 Å².